The highest BCUT2D eigenvalue weighted by Gasteiger charge is 2.57. The van der Waals surface area contributed by atoms with E-state index in [2.05, 4.69) is 15.9 Å². The van der Waals surface area contributed by atoms with Crippen LogP contribution in [0.4, 0.5) is 10.1 Å². The summed E-state index contributed by atoms with van der Waals surface area (Å²) in [5.74, 6) is -0.656. The summed E-state index contributed by atoms with van der Waals surface area (Å²) < 4.78 is 15.3. The smallest absolute Gasteiger partial charge is 0.252 e. The molecule has 0 aromatic heterocycles. The molecule has 3 atom stereocenters. The predicted octanol–water partition coefficient (Wildman–Crippen LogP) is 6.75. The summed E-state index contributed by atoms with van der Waals surface area (Å²) in [5.41, 5.74) is 4.30. The Labute approximate surface area is 212 Å². The molecule has 3 unspecified atom stereocenters. The molecule has 7 heteroatoms. The SMILES string of the molecule is Cc1ccc(N2C(=O)C3C(C(c4ccc(Cl)cc4)=NN3C(C)C)C2c2cccc(F)c2)cc1Br. The maximum atomic E-state index is 14.4. The first-order valence-corrected chi connectivity index (χ1v) is 12.4. The lowest BCUT2D eigenvalue weighted by Gasteiger charge is -2.29. The summed E-state index contributed by atoms with van der Waals surface area (Å²) in [6, 6.07) is 19.0. The van der Waals surface area contributed by atoms with Crippen LogP contribution in [0.5, 0.6) is 0 Å². The molecule has 0 N–H and O–H groups in total. The Bertz CT molecular complexity index is 1290. The fraction of sp³-hybridized carbons (Fsp3) is 0.259. The van der Waals surface area contributed by atoms with Gasteiger partial charge in [0.2, 0.25) is 0 Å². The van der Waals surface area contributed by atoms with Crippen molar-refractivity contribution in [3.63, 3.8) is 0 Å². The molecule has 34 heavy (non-hydrogen) atoms. The molecule has 5 rings (SSSR count). The number of hydrazone groups is 1. The molecule has 0 spiro atoms. The minimum atomic E-state index is -0.487. The van der Waals surface area contributed by atoms with Gasteiger partial charge < -0.3 is 4.90 Å². The number of carbonyl (C=O) groups excluding carboxylic acids is 1. The fourth-order valence-corrected chi connectivity index (χ4v) is 5.46. The topological polar surface area (TPSA) is 35.9 Å². The fourth-order valence-electron chi connectivity index (χ4n) is 4.97. The molecule has 0 radical (unpaired) electrons. The van der Waals surface area contributed by atoms with Crippen molar-refractivity contribution in [3.8, 4) is 0 Å². The lowest BCUT2D eigenvalue weighted by Crippen LogP contribution is -2.42. The zero-order chi connectivity index (χ0) is 24.1. The summed E-state index contributed by atoms with van der Waals surface area (Å²) in [4.78, 5) is 15.9. The van der Waals surface area contributed by atoms with E-state index in [-0.39, 0.29) is 23.7 Å². The van der Waals surface area contributed by atoms with Crippen LogP contribution in [-0.2, 0) is 4.79 Å². The van der Waals surface area contributed by atoms with Crippen molar-refractivity contribution in [3.05, 3.63) is 98.7 Å². The Balaban J connectivity index is 1.72. The maximum Gasteiger partial charge on any atom is 0.252 e. The van der Waals surface area contributed by atoms with Gasteiger partial charge in [0.15, 0.2) is 0 Å². The Morgan fingerprint density at radius 1 is 1.03 bits per heavy atom. The molecule has 0 bridgehead atoms. The monoisotopic (exact) mass is 539 g/mol. The molecule has 1 amide bonds. The molecule has 174 valence electrons. The van der Waals surface area contributed by atoms with E-state index >= 15 is 0 Å². The molecule has 4 nitrogen and oxygen atoms in total. The second-order valence-electron chi connectivity index (χ2n) is 9.08. The van der Waals surface area contributed by atoms with Gasteiger partial charge >= 0.3 is 0 Å². The van der Waals surface area contributed by atoms with E-state index < -0.39 is 12.1 Å². The van der Waals surface area contributed by atoms with Crippen molar-refractivity contribution in [1.29, 1.82) is 0 Å². The van der Waals surface area contributed by atoms with Crippen LogP contribution >= 0.6 is 27.5 Å². The normalized spacial score (nSPS) is 21.9. The van der Waals surface area contributed by atoms with Crippen LogP contribution in [0.3, 0.4) is 0 Å². The maximum absolute atomic E-state index is 14.4. The van der Waals surface area contributed by atoms with Crippen molar-refractivity contribution in [2.75, 3.05) is 4.90 Å². The molecular formula is C27H24BrClFN3O. The molecule has 2 aliphatic heterocycles. The molecule has 1 saturated heterocycles. The molecule has 2 aliphatic rings. The largest absolute Gasteiger partial charge is 0.302 e. The third-order valence-corrected chi connectivity index (χ3v) is 7.67. The van der Waals surface area contributed by atoms with Crippen molar-refractivity contribution in [2.24, 2.45) is 11.0 Å². The molecule has 3 aromatic rings. The minimum Gasteiger partial charge on any atom is -0.302 e. The van der Waals surface area contributed by atoms with Crippen LogP contribution in [0.2, 0.25) is 5.02 Å². The summed E-state index contributed by atoms with van der Waals surface area (Å²) in [6.45, 7) is 6.06. The van der Waals surface area contributed by atoms with Crippen molar-refractivity contribution in [1.82, 2.24) is 5.01 Å². The van der Waals surface area contributed by atoms with Gasteiger partial charge in [0.1, 0.15) is 11.9 Å². The van der Waals surface area contributed by atoms with E-state index in [0.29, 0.717) is 5.02 Å². The van der Waals surface area contributed by atoms with Crippen LogP contribution in [0.15, 0.2) is 76.3 Å². The van der Waals surface area contributed by atoms with Crippen molar-refractivity contribution < 1.29 is 9.18 Å². The van der Waals surface area contributed by atoms with Gasteiger partial charge in [0, 0.05) is 21.2 Å². The average Bonchev–Trinajstić information content (AvgIpc) is 3.33. The molecule has 2 heterocycles. The first-order valence-electron chi connectivity index (χ1n) is 11.2. The van der Waals surface area contributed by atoms with E-state index in [9.17, 15) is 9.18 Å². The first-order chi connectivity index (χ1) is 16.3. The Morgan fingerprint density at radius 3 is 2.41 bits per heavy atom. The first kappa shape index (κ1) is 23.1. The predicted molar refractivity (Wildman–Crippen MR) is 138 cm³/mol. The number of fused-ring (bicyclic) bond motifs is 1. The van der Waals surface area contributed by atoms with Gasteiger partial charge in [-0.25, -0.2) is 4.39 Å². The number of carbonyl (C=O) groups is 1. The summed E-state index contributed by atoms with van der Waals surface area (Å²) in [5, 5.41) is 7.47. The molecule has 0 saturated carbocycles. The summed E-state index contributed by atoms with van der Waals surface area (Å²) in [7, 11) is 0. The second-order valence-corrected chi connectivity index (χ2v) is 10.4. The standard InChI is InChI=1S/C27H24BrClFN3O/c1-15(2)33-26-23(24(31-33)17-8-10-19(29)11-9-17)25(18-5-4-6-20(30)13-18)32(27(26)34)21-12-7-16(3)22(28)14-21/h4-15,23,25-26H,1-3H3. The Kier molecular flexibility index (Phi) is 5.98. The van der Waals surface area contributed by atoms with Gasteiger partial charge in [-0.1, -0.05) is 57.9 Å². The van der Waals surface area contributed by atoms with E-state index in [0.717, 1.165) is 32.6 Å². The van der Waals surface area contributed by atoms with Gasteiger partial charge in [-0.3, -0.25) is 9.80 Å². The molecule has 1 fully saturated rings. The van der Waals surface area contributed by atoms with Crippen LogP contribution in [0.25, 0.3) is 0 Å². The highest BCUT2D eigenvalue weighted by atomic mass is 79.9. The summed E-state index contributed by atoms with van der Waals surface area (Å²) in [6.07, 6.45) is 0. The van der Waals surface area contributed by atoms with Crippen LogP contribution < -0.4 is 4.90 Å². The number of halogens is 3. The lowest BCUT2D eigenvalue weighted by atomic mass is 9.84. The molecule has 3 aromatic carbocycles. The number of nitrogens with zero attached hydrogens (tertiary/aromatic N) is 3. The number of amides is 1. The minimum absolute atomic E-state index is 0.0131. The van der Waals surface area contributed by atoms with E-state index in [1.165, 1.54) is 12.1 Å². The van der Waals surface area contributed by atoms with Gasteiger partial charge in [-0.15, -0.1) is 0 Å². The number of benzene rings is 3. The van der Waals surface area contributed by atoms with E-state index in [1.54, 1.807) is 6.07 Å². The number of aryl methyl sites for hydroxylation is 1. The molecular weight excluding hydrogens is 517 g/mol. The van der Waals surface area contributed by atoms with Gasteiger partial charge in [-0.2, -0.15) is 5.10 Å². The van der Waals surface area contributed by atoms with Crippen LogP contribution in [0, 0.1) is 18.7 Å². The number of hydrogen-bond donors (Lipinski definition) is 0. The zero-order valence-corrected chi connectivity index (χ0v) is 21.4. The summed E-state index contributed by atoms with van der Waals surface area (Å²) >= 11 is 9.75. The number of anilines is 1. The Morgan fingerprint density at radius 2 is 1.76 bits per heavy atom. The third-order valence-electron chi connectivity index (χ3n) is 6.57. The number of rotatable bonds is 4. The van der Waals surface area contributed by atoms with Gasteiger partial charge in [-0.05, 0) is 73.9 Å². The highest BCUT2D eigenvalue weighted by molar-refractivity contribution is 9.10. The highest BCUT2D eigenvalue weighted by Crippen LogP contribution is 2.48. The quantitative estimate of drug-likeness (QED) is 0.367. The van der Waals surface area contributed by atoms with E-state index in [1.807, 2.05) is 79.2 Å². The molecule has 0 aliphatic carbocycles. The van der Waals surface area contributed by atoms with E-state index in [4.69, 9.17) is 16.7 Å². The van der Waals surface area contributed by atoms with Gasteiger partial charge in [0.05, 0.1) is 17.7 Å². The van der Waals surface area contributed by atoms with Gasteiger partial charge in [0.25, 0.3) is 5.91 Å². The van der Waals surface area contributed by atoms with Crippen molar-refractivity contribution >= 4 is 44.8 Å². The Hall–Kier alpha value is -2.70. The average molecular weight is 541 g/mol. The zero-order valence-electron chi connectivity index (χ0n) is 19.0. The van der Waals surface area contributed by atoms with Crippen LogP contribution in [0.1, 0.15) is 36.6 Å². The lowest BCUT2D eigenvalue weighted by molar-refractivity contribution is -0.122. The second kappa shape index (κ2) is 8.82. The van der Waals surface area contributed by atoms with Crippen LogP contribution in [-0.4, -0.2) is 28.7 Å². The number of hydrogen-bond acceptors (Lipinski definition) is 3. The third kappa shape index (κ3) is 3.83. The van der Waals surface area contributed by atoms with Crippen molar-refractivity contribution in [2.45, 2.75) is 38.9 Å².